The molecule has 0 atom stereocenters. The minimum absolute atomic E-state index is 0.00390. The smallest absolute Gasteiger partial charge is 0.245 e. The summed E-state index contributed by atoms with van der Waals surface area (Å²) in [6.07, 6.45) is 6.86. The molecule has 8 heteroatoms. The monoisotopic (exact) mass is 374 g/mol. The normalized spacial score (nSPS) is 16.1. The number of hydrogen-bond donors (Lipinski definition) is 0. The highest BCUT2D eigenvalue weighted by molar-refractivity contribution is 7.89. The summed E-state index contributed by atoms with van der Waals surface area (Å²) in [6, 6.07) is 5.27. The Morgan fingerprint density at radius 2 is 2.12 bits per heavy atom. The highest BCUT2D eigenvalue weighted by atomic mass is 32.2. The van der Waals surface area contributed by atoms with E-state index in [2.05, 4.69) is 10.1 Å². The Labute approximate surface area is 152 Å². The Morgan fingerprint density at radius 3 is 2.81 bits per heavy atom. The van der Waals surface area contributed by atoms with Crippen LogP contribution in [0.1, 0.15) is 37.1 Å². The maximum atomic E-state index is 13.4. The highest BCUT2D eigenvalue weighted by Gasteiger charge is 2.34. The van der Waals surface area contributed by atoms with Gasteiger partial charge in [0.05, 0.1) is 18.5 Å². The molecule has 0 saturated heterocycles. The highest BCUT2D eigenvalue weighted by Crippen LogP contribution is 2.31. The lowest BCUT2D eigenvalue weighted by Crippen LogP contribution is -2.38. The molecule has 1 fully saturated rings. The van der Waals surface area contributed by atoms with Crippen molar-refractivity contribution in [3.05, 3.63) is 42.1 Å². The third kappa shape index (κ3) is 2.93. The van der Waals surface area contributed by atoms with Crippen molar-refractivity contribution < 1.29 is 12.8 Å². The number of pyridine rings is 1. The van der Waals surface area contributed by atoms with Gasteiger partial charge < -0.3 is 4.42 Å². The van der Waals surface area contributed by atoms with Crippen molar-refractivity contribution in [2.45, 2.75) is 50.1 Å². The van der Waals surface area contributed by atoms with Gasteiger partial charge in [-0.3, -0.25) is 4.68 Å². The molecule has 4 rings (SSSR count). The molecule has 0 spiro atoms. The van der Waals surface area contributed by atoms with Crippen LogP contribution in [-0.2, 0) is 23.6 Å². The van der Waals surface area contributed by atoms with Gasteiger partial charge in [0.1, 0.15) is 10.7 Å². The summed E-state index contributed by atoms with van der Waals surface area (Å²) < 4.78 is 35.5. The second-order valence-corrected chi connectivity index (χ2v) is 8.71. The van der Waals surface area contributed by atoms with Crippen molar-refractivity contribution in [1.82, 2.24) is 19.1 Å². The molecule has 1 saturated carbocycles. The van der Waals surface area contributed by atoms with Gasteiger partial charge in [0.25, 0.3) is 0 Å². The van der Waals surface area contributed by atoms with E-state index in [0.29, 0.717) is 11.4 Å². The summed E-state index contributed by atoms with van der Waals surface area (Å²) in [6.45, 7) is 2.10. The fourth-order valence-corrected chi connectivity index (χ4v) is 5.35. The predicted octanol–water partition coefficient (Wildman–Crippen LogP) is 3.00. The lowest BCUT2D eigenvalue weighted by molar-refractivity contribution is 0.292. The topological polar surface area (TPSA) is 81.2 Å². The van der Waals surface area contributed by atoms with E-state index in [9.17, 15) is 8.42 Å². The summed E-state index contributed by atoms with van der Waals surface area (Å²) >= 11 is 0. The zero-order valence-corrected chi connectivity index (χ0v) is 15.7. The predicted molar refractivity (Wildman–Crippen MR) is 96.9 cm³/mol. The molecule has 1 aliphatic carbocycles. The quantitative estimate of drug-likeness (QED) is 0.686. The average Bonchev–Trinajstić information content (AvgIpc) is 3.35. The van der Waals surface area contributed by atoms with Gasteiger partial charge in [0.15, 0.2) is 5.65 Å². The molecule has 7 nitrogen and oxygen atoms in total. The number of hydrogen-bond acceptors (Lipinski definition) is 5. The maximum Gasteiger partial charge on any atom is 0.245 e. The molecule has 0 aliphatic heterocycles. The summed E-state index contributed by atoms with van der Waals surface area (Å²) in [5, 5.41) is 5.09. The van der Waals surface area contributed by atoms with Crippen LogP contribution in [0, 0.1) is 6.92 Å². The summed E-state index contributed by atoms with van der Waals surface area (Å²) in [5.74, 6) is 0.645. The number of nitrogens with zero attached hydrogens (tertiary/aromatic N) is 4. The Hall–Kier alpha value is -2.19. The van der Waals surface area contributed by atoms with E-state index in [-0.39, 0.29) is 17.5 Å². The van der Waals surface area contributed by atoms with Crippen LogP contribution in [0.3, 0.4) is 0 Å². The molecule has 0 bridgehead atoms. The van der Waals surface area contributed by atoms with Gasteiger partial charge in [-0.2, -0.15) is 9.40 Å². The van der Waals surface area contributed by atoms with Crippen molar-refractivity contribution >= 4 is 21.1 Å². The van der Waals surface area contributed by atoms with Gasteiger partial charge in [0.2, 0.25) is 10.0 Å². The molecule has 1 aliphatic rings. The minimum atomic E-state index is -3.69. The van der Waals surface area contributed by atoms with E-state index in [0.717, 1.165) is 36.8 Å². The fourth-order valence-electron chi connectivity index (χ4n) is 3.72. The zero-order chi connectivity index (χ0) is 18.3. The molecule has 3 heterocycles. The van der Waals surface area contributed by atoms with Crippen LogP contribution < -0.4 is 0 Å². The molecule has 138 valence electrons. The maximum absolute atomic E-state index is 13.4. The van der Waals surface area contributed by atoms with Crippen molar-refractivity contribution in [3.8, 4) is 0 Å². The SMILES string of the molecule is Cc1nn(C)c2ncc(S(=O)(=O)N(Cc3ccco3)C3CCCC3)cc12. The van der Waals surface area contributed by atoms with Crippen LogP contribution in [-0.4, -0.2) is 33.5 Å². The van der Waals surface area contributed by atoms with Crippen molar-refractivity contribution in [2.75, 3.05) is 0 Å². The number of fused-ring (bicyclic) bond motifs is 1. The van der Waals surface area contributed by atoms with Crippen LogP contribution in [0.15, 0.2) is 40.0 Å². The number of aryl methyl sites for hydroxylation is 2. The molecule has 0 radical (unpaired) electrons. The largest absolute Gasteiger partial charge is 0.468 e. The first-order valence-electron chi connectivity index (χ1n) is 8.80. The first-order valence-corrected chi connectivity index (χ1v) is 10.2. The molecule has 3 aromatic heterocycles. The summed E-state index contributed by atoms with van der Waals surface area (Å²) in [5.41, 5.74) is 1.45. The Kier molecular flexibility index (Phi) is 4.32. The molecule has 0 N–H and O–H groups in total. The minimum Gasteiger partial charge on any atom is -0.468 e. The number of aromatic nitrogens is 3. The number of sulfonamides is 1. The van der Waals surface area contributed by atoms with Crippen LogP contribution in [0.4, 0.5) is 0 Å². The molecule has 0 amide bonds. The third-order valence-electron chi connectivity index (χ3n) is 5.07. The van der Waals surface area contributed by atoms with Crippen molar-refractivity contribution in [3.63, 3.8) is 0 Å². The van der Waals surface area contributed by atoms with Gasteiger partial charge in [-0.25, -0.2) is 13.4 Å². The molecular formula is C18H22N4O3S. The van der Waals surface area contributed by atoms with Gasteiger partial charge in [-0.05, 0) is 38.0 Å². The first-order chi connectivity index (χ1) is 12.5. The number of furan rings is 1. The molecule has 0 aromatic carbocycles. The molecule has 0 unspecified atom stereocenters. The lowest BCUT2D eigenvalue weighted by atomic mass is 10.2. The van der Waals surface area contributed by atoms with Gasteiger partial charge >= 0.3 is 0 Å². The van der Waals surface area contributed by atoms with Crippen molar-refractivity contribution in [1.29, 1.82) is 0 Å². The molecule has 26 heavy (non-hydrogen) atoms. The van der Waals surface area contributed by atoms with Crippen LogP contribution >= 0.6 is 0 Å². The molecule has 3 aromatic rings. The summed E-state index contributed by atoms with van der Waals surface area (Å²) in [4.78, 5) is 4.55. The zero-order valence-electron chi connectivity index (χ0n) is 14.9. The second-order valence-electron chi connectivity index (χ2n) is 6.82. The lowest BCUT2D eigenvalue weighted by Gasteiger charge is -2.27. The number of rotatable bonds is 5. The first kappa shape index (κ1) is 17.2. The van der Waals surface area contributed by atoms with E-state index in [1.807, 2.05) is 13.0 Å². The Balaban J connectivity index is 1.77. The second kappa shape index (κ2) is 6.51. The van der Waals surface area contributed by atoms with Gasteiger partial charge in [0, 0.05) is 24.7 Å². The standard InChI is InChI=1S/C18H22N4O3S/c1-13-17-10-16(11-19-18(17)21(2)20-13)26(23,24)22(14-6-3-4-7-14)12-15-8-5-9-25-15/h5,8-11,14H,3-4,6-7,12H2,1-2H3. The van der Waals surface area contributed by atoms with Crippen LogP contribution in [0.2, 0.25) is 0 Å². The Bertz CT molecular complexity index is 1020. The van der Waals surface area contributed by atoms with E-state index in [1.54, 1.807) is 34.4 Å². The van der Waals surface area contributed by atoms with Gasteiger partial charge in [-0.15, -0.1) is 0 Å². The third-order valence-corrected chi connectivity index (χ3v) is 6.93. The van der Waals surface area contributed by atoms with E-state index >= 15 is 0 Å². The van der Waals surface area contributed by atoms with Gasteiger partial charge in [-0.1, -0.05) is 12.8 Å². The van der Waals surface area contributed by atoms with E-state index < -0.39 is 10.0 Å². The molecular weight excluding hydrogens is 352 g/mol. The van der Waals surface area contributed by atoms with Crippen LogP contribution in [0.25, 0.3) is 11.0 Å². The van der Waals surface area contributed by atoms with E-state index in [1.165, 1.54) is 6.20 Å². The fraction of sp³-hybridized carbons (Fsp3) is 0.444. The van der Waals surface area contributed by atoms with Crippen LogP contribution in [0.5, 0.6) is 0 Å². The summed E-state index contributed by atoms with van der Waals surface area (Å²) in [7, 11) is -1.88. The Morgan fingerprint density at radius 1 is 1.35 bits per heavy atom. The van der Waals surface area contributed by atoms with Crippen molar-refractivity contribution in [2.24, 2.45) is 7.05 Å². The van der Waals surface area contributed by atoms with E-state index in [4.69, 9.17) is 4.42 Å². The average molecular weight is 374 g/mol.